The molecule has 0 bridgehead atoms. The number of anilines is 1. The largest absolute Gasteiger partial charge is 0.478 e. The Kier molecular flexibility index (Phi) is 4.30. The molecular weight excluding hydrogens is 242 g/mol. The van der Waals surface area contributed by atoms with Gasteiger partial charge in [-0.1, -0.05) is 11.6 Å². The van der Waals surface area contributed by atoms with Crippen LogP contribution in [-0.2, 0) is 0 Å². The third kappa shape index (κ3) is 3.33. The third-order valence-electron chi connectivity index (χ3n) is 2.20. The lowest BCUT2D eigenvalue weighted by molar-refractivity contribution is 0.0697. The van der Waals surface area contributed by atoms with E-state index in [1.165, 1.54) is 12.1 Å². The second-order valence-electron chi connectivity index (χ2n) is 3.72. The van der Waals surface area contributed by atoms with Gasteiger partial charge in [0.15, 0.2) is 0 Å². The zero-order chi connectivity index (χ0) is 13.0. The number of nitriles is 1. The van der Waals surface area contributed by atoms with Gasteiger partial charge in [0.2, 0.25) is 0 Å². The minimum Gasteiger partial charge on any atom is -0.478 e. The van der Waals surface area contributed by atoms with Gasteiger partial charge in [0, 0.05) is 13.6 Å². The van der Waals surface area contributed by atoms with E-state index in [9.17, 15) is 4.79 Å². The zero-order valence-corrected chi connectivity index (χ0v) is 10.3. The number of carboxylic acid groups (broad SMARTS) is 1. The molecule has 0 spiro atoms. The monoisotopic (exact) mass is 253 g/mol. The summed E-state index contributed by atoms with van der Waals surface area (Å²) >= 11 is 5.74. The number of pyridine rings is 1. The molecule has 1 atom stereocenters. The molecule has 1 aromatic rings. The lowest BCUT2D eigenvalue weighted by Crippen LogP contribution is -2.26. The summed E-state index contributed by atoms with van der Waals surface area (Å²) in [6, 6.07) is 4.91. The second-order valence-corrected chi connectivity index (χ2v) is 4.11. The Balaban J connectivity index is 3.07. The molecular formula is C11H12ClN3O2. The number of aromatic nitrogens is 1. The molecule has 0 fully saturated rings. The third-order valence-corrected chi connectivity index (χ3v) is 2.41. The fourth-order valence-corrected chi connectivity index (χ4v) is 1.56. The van der Waals surface area contributed by atoms with Crippen molar-refractivity contribution in [2.45, 2.75) is 6.92 Å². The van der Waals surface area contributed by atoms with Gasteiger partial charge in [-0.05, 0) is 19.1 Å². The first-order valence-corrected chi connectivity index (χ1v) is 5.34. The zero-order valence-electron chi connectivity index (χ0n) is 9.51. The molecule has 6 heteroatoms. The lowest BCUT2D eigenvalue weighted by Gasteiger charge is -2.20. The Hall–Kier alpha value is -1.80. The maximum absolute atomic E-state index is 11.0. The predicted molar refractivity (Wildman–Crippen MR) is 64.3 cm³/mol. The van der Waals surface area contributed by atoms with Crippen molar-refractivity contribution >= 4 is 23.4 Å². The van der Waals surface area contributed by atoms with E-state index in [-0.39, 0.29) is 22.5 Å². The van der Waals surface area contributed by atoms with Crippen LogP contribution in [0.1, 0.15) is 17.3 Å². The van der Waals surface area contributed by atoms with Gasteiger partial charge in [0.05, 0.1) is 12.0 Å². The van der Waals surface area contributed by atoms with E-state index in [0.29, 0.717) is 6.54 Å². The van der Waals surface area contributed by atoms with Crippen LogP contribution in [0.3, 0.4) is 0 Å². The highest BCUT2D eigenvalue weighted by molar-refractivity contribution is 6.29. The van der Waals surface area contributed by atoms with Crippen LogP contribution in [0.25, 0.3) is 0 Å². The van der Waals surface area contributed by atoms with Gasteiger partial charge in [-0.3, -0.25) is 0 Å². The van der Waals surface area contributed by atoms with Gasteiger partial charge in [0.25, 0.3) is 0 Å². The smallest absolute Gasteiger partial charge is 0.339 e. The summed E-state index contributed by atoms with van der Waals surface area (Å²) in [6.07, 6.45) is 0. The molecule has 0 aromatic carbocycles. The number of aromatic carboxylic acids is 1. The van der Waals surface area contributed by atoms with E-state index >= 15 is 0 Å². The Bertz CT molecular complexity index is 470. The minimum atomic E-state index is -1.07. The topological polar surface area (TPSA) is 77.2 Å². The molecule has 0 radical (unpaired) electrons. The van der Waals surface area contributed by atoms with Gasteiger partial charge < -0.3 is 10.0 Å². The van der Waals surface area contributed by atoms with Crippen molar-refractivity contribution in [1.82, 2.24) is 4.98 Å². The van der Waals surface area contributed by atoms with E-state index in [4.69, 9.17) is 22.0 Å². The Morgan fingerprint density at radius 2 is 2.35 bits per heavy atom. The van der Waals surface area contributed by atoms with Gasteiger partial charge in [0.1, 0.15) is 16.5 Å². The molecule has 1 rings (SSSR count). The van der Waals surface area contributed by atoms with Gasteiger partial charge in [-0.25, -0.2) is 9.78 Å². The molecule has 1 aromatic heterocycles. The Labute approximate surface area is 104 Å². The number of hydrogen-bond donors (Lipinski definition) is 1. The minimum absolute atomic E-state index is 0.0713. The molecule has 5 nitrogen and oxygen atoms in total. The number of carbonyl (C=O) groups is 1. The first kappa shape index (κ1) is 13.3. The van der Waals surface area contributed by atoms with Crippen molar-refractivity contribution in [2.24, 2.45) is 5.92 Å². The molecule has 0 aliphatic rings. The quantitative estimate of drug-likeness (QED) is 0.831. The van der Waals surface area contributed by atoms with Crippen molar-refractivity contribution in [1.29, 1.82) is 5.26 Å². The maximum Gasteiger partial charge on any atom is 0.339 e. The number of nitrogens with zero attached hydrogens (tertiary/aromatic N) is 3. The molecule has 17 heavy (non-hydrogen) atoms. The van der Waals surface area contributed by atoms with E-state index in [2.05, 4.69) is 11.1 Å². The lowest BCUT2D eigenvalue weighted by atomic mass is 10.2. The van der Waals surface area contributed by atoms with E-state index in [1.807, 2.05) is 0 Å². The Morgan fingerprint density at radius 1 is 1.71 bits per heavy atom. The molecule has 1 N–H and O–H groups in total. The van der Waals surface area contributed by atoms with E-state index in [1.54, 1.807) is 18.9 Å². The van der Waals surface area contributed by atoms with Gasteiger partial charge >= 0.3 is 5.97 Å². The molecule has 1 heterocycles. The highest BCUT2D eigenvalue weighted by atomic mass is 35.5. The van der Waals surface area contributed by atoms with Crippen LogP contribution >= 0.6 is 11.6 Å². The first-order valence-electron chi connectivity index (χ1n) is 4.96. The summed E-state index contributed by atoms with van der Waals surface area (Å²) in [4.78, 5) is 16.6. The van der Waals surface area contributed by atoms with Crippen molar-refractivity contribution < 1.29 is 9.90 Å². The number of carboxylic acids is 1. The summed E-state index contributed by atoms with van der Waals surface area (Å²) in [5, 5.41) is 18.0. The van der Waals surface area contributed by atoms with Gasteiger partial charge in [-0.15, -0.1) is 0 Å². The van der Waals surface area contributed by atoms with Crippen molar-refractivity contribution in [3.05, 3.63) is 22.8 Å². The molecule has 0 saturated heterocycles. The van der Waals surface area contributed by atoms with Crippen LogP contribution < -0.4 is 4.90 Å². The van der Waals surface area contributed by atoms with Crippen molar-refractivity contribution in [3.8, 4) is 6.07 Å². The molecule has 0 amide bonds. The Morgan fingerprint density at radius 3 is 2.88 bits per heavy atom. The molecule has 90 valence electrons. The van der Waals surface area contributed by atoms with E-state index < -0.39 is 5.97 Å². The van der Waals surface area contributed by atoms with Gasteiger partial charge in [-0.2, -0.15) is 5.26 Å². The number of hydrogen-bond acceptors (Lipinski definition) is 4. The SMILES string of the molecule is CC(C#N)CN(C)c1nc(Cl)ccc1C(=O)O. The maximum atomic E-state index is 11.0. The highest BCUT2D eigenvalue weighted by Crippen LogP contribution is 2.20. The molecule has 0 aliphatic heterocycles. The van der Waals surface area contributed by atoms with E-state index in [0.717, 1.165) is 0 Å². The molecule has 1 unspecified atom stereocenters. The molecule has 0 aliphatic carbocycles. The number of rotatable bonds is 4. The number of halogens is 1. The van der Waals surface area contributed by atoms with Crippen LogP contribution in [0.5, 0.6) is 0 Å². The first-order chi connectivity index (χ1) is 7.95. The summed E-state index contributed by atoms with van der Waals surface area (Å²) < 4.78 is 0. The van der Waals surface area contributed by atoms with Crippen LogP contribution in [0.2, 0.25) is 5.15 Å². The van der Waals surface area contributed by atoms with Crippen LogP contribution in [-0.4, -0.2) is 29.7 Å². The summed E-state index contributed by atoms with van der Waals surface area (Å²) in [5.41, 5.74) is 0.0713. The highest BCUT2D eigenvalue weighted by Gasteiger charge is 2.17. The fraction of sp³-hybridized carbons (Fsp3) is 0.364. The summed E-state index contributed by atoms with van der Waals surface area (Å²) in [6.45, 7) is 2.14. The summed E-state index contributed by atoms with van der Waals surface area (Å²) in [5.74, 6) is -1.02. The van der Waals surface area contributed by atoms with Crippen LogP contribution in [0, 0.1) is 17.2 Å². The average Bonchev–Trinajstić information content (AvgIpc) is 2.28. The van der Waals surface area contributed by atoms with Crippen molar-refractivity contribution in [2.75, 3.05) is 18.5 Å². The average molecular weight is 254 g/mol. The van der Waals surface area contributed by atoms with Crippen LogP contribution in [0.4, 0.5) is 5.82 Å². The fourth-order valence-electron chi connectivity index (χ4n) is 1.42. The summed E-state index contributed by atoms with van der Waals surface area (Å²) in [7, 11) is 1.68. The molecule has 0 saturated carbocycles. The standard InChI is InChI=1S/C11H12ClN3O2/c1-7(5-13)6-15(2)10-8(11(16)17)3-4-9(12)14-10/h3-4,7H,6H2,1-2H3,(H,16,17). The second kappa shape index (κ2) is 5.51. The predicted octanol–water partition coefficient (Wildman–Crippen LogP) is 2.03. The normalized spacial score (nSPS) is 11.6. The van der Waals surface area contributed by atoms with Crippen molar-refractivity contribution in [3.63, 3.8) is 0 Å². The van der Waals surface area contributed by atoms with Crippen LogP contribution in [0.15, 0.2) is 12.1 Å².